The monoisotopic (exact) mass is 340 g/mol. The van der Waals surface area contributed by atoms with E-state index in [-0.39, 0.29) is 22.8 Å². The molecule has 1 atom stereocenters. The van der Waals surface area contributed by atoms with Gasteiger partial charge >= 0.3 is 0 Å². The minimum absolute atomic E-state index is 0.0456. The van der Waals surface area contributed by atoms with E-state index in [0.29, 0.717) is 22.7 Å². The van der Waals surface area contributed by atoms with Crippen molar-refractivity contribution in [3.05, 3.63) is 66.1 Å². The van der Waals surface area contributed by atoms with E-state index in [9.17, 15) is 14.3 Å². The lowest BCUT2D eigenvalue weighted by atomic mass is 10.1. The highest BCUT2D eigenvalue weighted by Gasteiger charge is 2.35. The number of fused-ring (bicyclic) bond motifs is 1. The van der Waals surface area contributed by atoms with Gasteiger partial charge in [-0.05, 0) is 36.4 Å². The van der Waals surface area contributed by atoms with E-state index in [4.69, 9.17) is 0 Å². The van der Waals surface area contributed by atoms with Crippen molar-refractivity contribution in [1.82, 2.24) is 4.98 Å². The second kappa shape index (κ2) is 5.79. The molecule has 2 aromatic carbocycles. The number of phenolic OH excluding ortho intramolecular Hbond substituents is 1. The Morgan fingerprint density at radius 3 is 2.71 bits per heavy atom. The molecule has 0 spiro atoms. The zero-order chi connectivity index (χ0) is 16.7. The van der Waals surface area contributed by atoms with Crippen LogP contribution in [0.1, 0.15) is 11.1 Å². The van der Waals surface area contributed by atoms with Crippen LogP contribution in [0.15, 0.2) is 54.6 Å². The van der Waals surface area contributed by atoms with E-state index in [2.05, 4.69) is 4.98 Å². The maximum atomic E-state index is 13.2. The number of carbonyl (C=O) groups is 1. The van der Waals surface area contributed by atoms with Crippen molar-refractivity contribution < 1.29 is 14.3 Å². The normalized spacial score (nSPS) is 17.6. The number of aromatic hydroxyl groups is 1. The molecular formula is C18H13FN2O2S. The number of rotatable bonds is 2. The van der Waals surface area contributed by atoms with Crippen molar-refractivity contribution in [3.63, 3.8) is 0 Å². The number of halogens is 1. The fourth-order valence-electron chi connectivity index (χ4n) is 2.81. The van der Waals surface area contributed by atoms with Gasteiger partial charge in [0.2, 0.25) is 5.91 Å². The lowest BCUT2D eigenvalue weighted by Gasteiger charge is -2.23. The molecule has 2 heterocycles. The van der Waals surface area contributed by atoms with E-state index in [1.165, 1.54) is 23.9 Å². The zero-order valence-corrected chi connectivity index (χ0v) is 13.3. The van der Waals surface area contributed by atoms with Crippen LogP contribution in [0.3, 0.4) is 0 Å². The molecule has 0 radical (unpaired) electrons. The van der Waals surface area contributed by atoms with E-state index >= 15 is 0 Å². The molecule has 1 saturated heterocycles. The minimum Gasteiger partial charge on any atom is -0.506 e. The summed E-state index contributed by atoms with van der Waals surface area (Å²) in [6.07, 6.45) is 0. The molecule has 6 heteroatoms. The van der Waals surface area contributed by atoms with Gasteiger partial charge < -0.3 is 5.11 Å². The van der Waals surface area contributed by atoms with Crippen LogP contribution in [0.25, 0.3) is 10.9 Å². The molecule has 3 aromatic rings. The zero-order valence-electron chi connectivity index (χ0n) is 12.5. The van der Waals surface area contributed by atoms with Crippen LogP contribution in [0.5, 0.6) is 5.75 Å². The summed E-state index contributed by atoms with van der Waals surface area (Å²) in [5, 5.41) is 10.5. The molecule has 1 aliphatic rings. The number of aromatic nitrogens is 1. The van der Waals surface area contributed by atoms with Crippen LogP contribution in [0.4, 0.5) is 10.1 Å². The quantitative estimate of drug-likeness (QED) is 0.770. The number of para-hydroxylation sites is 1. The Balaban J connectivity index is 1.78. The first kappa shape index (κ1) is 15.0. The lowest BCUT2D eigenvalue weighted by molar-refractivity contribution is -0.115. The molecule has 1 amide bonds. The van der Waals surface area contributed by atoms with E-state index in [1.807, 2.05) is 18.2 Å². The number of hydrogen-bond donors (Lipinski definition) is 1. The molecule has 0 saturated carbocycles. The van der Waals surface area contributed by atoms with E-state index in [1.54, 1.807) is 29.2 Å². The van der Waals surface area contributed by atoms with Crippen molar-refractivity contribution in [2.75, 3.05) is 10.7 Å². The first-order valence-corrected chi connectivity index (χ1v) is 8.46. The van der Waals surface area contributed by atoms with Crippen LogP contribution in [-0.4, -0.2) is 21.8 Å². The topological polar surface area (TPSA) is 53.4 Å². The molecule has 1 fully saturated rings. The van der Waals surface area contributed by atoms with Gasteiger partial charge in [0.05, 0.1) is 11.4 Å². The summed E-state index contributed by atoms with van der Waals surface area (Å²) in [6, 6.07) is 14.8. The van der Waals surface area contributed by atoms with E-state index in [0.717, 1.165) is 5.39 Å². The van der Waals surface area contributed by atoms with Gasteiger partial charge in [-0.2, -0.15) is 0 Å². The Labute approximate surface area is 141 Å². The van der Waals surface area contributed by atoms with Crippen molar-refractivity contribution in [2.45, 2.75) is 5.37 Å². The van der Waals surface area contributed by atoms with Gasteiger partial charge in [0.25, 0.3) is 0 Å². The largest absolute Gasteiger partial charge is 0.506 e. The highest BCUT2D eigenvalue weighted by atomic mass is 32.2. The molecule has 4 rings (SSSR count). The number of carbonyl (C=O) groups excluding carboxylic acids is 1. The number of anilines is 1. The van der Waals surface area contributed by atoms with Crippen LogP contribution in [0, 0.1) is 5.82 Å². The summed E-state index contributed by atoms with van der Waals surface area (Å²) in [6.45, 7) is 0. The van der Waals surface area contributed by atoms with Gasteiger partial charge in [0.1, 0.15) is 22.5 Å². The number of benzene rings is 2. The van der Waals surface area contributed by atoms with Crippen molar-refractivity contribution in [1.29, 1.82) is 0 Å². The average Bonchev–Trinajstić information content (AvgIpc) is 2.97. The maximum Gasteiger partial charge on any atom is 0.238 e. The summed E-state index contributed by atoms with van der Waals surface area (Å²) in [5.41, 5.74) is 1.83. The number of pyridine rings is 1. The SMILES string of the molecule is O=C1CSC(c2ccc3cccc(O)c3n2)N1c1ccc(F)cc1. The van der Waals surface area contributed by atoms with Gasteiger partial charge in [-0.15, -0.1) is 11.8 Å². The second-order valence-corrected chi connectivity index (χ2v) is 6.56. The molecule has 24 heavy (non-hydrogen) atoms. The molecule has 0 bridgehead atoms. The highest BCUT2D eigenvalue weighted by molar-refractivity contribution is 8.00. The van der Waals surface area contributed by atoms with Gasteiger partial charge in [-0.1, -0.05) is 18.2 Å². The predicted molar refractivity (Wildman–Crippen MR) is 92.5 cm³/mol. The fourth-order valence-corrected chi connectivity index (χ4v) is 3.94. The summed E-state index contributed by atoms with van der Waals surface area (Å²) < 4.78 is 13.2. The van der Waals surface area contributed by atoms with Crippen molar-refractivity contribution in [2.24, 2.45) is 0 Å². The van der Waals surface area contributed by atoms with Crippen molar-refractivity contribution >= 4 is 34.3 Å². The number of amides is 1. The van der Waals surface area contributed by atoms with Gasteiger partial charge in [-0.25, -0.2) is 9.37 Å². The molecular weight excluding hydrogens is 327 g/mol. The Kier molecular flexibility index (Phi) is 3.61. The summed E-state index contributed by atoms with van der Waals surface area (Å²) in [4.78, 5) is 18.5. The standard InChI is InChI=1S/C18H13FN2O2S/c19-12-5-7-13(8-6-12)21-16(23)10-24-18(21)14-9-4-11-2-1-3-15(22)17(11)20-14/h1-9,18,22H,10H2. The molecule has 1 unspecified atom stereocenters. The number of thioether (sulfide) groups is 1. The van der Waals surface area contributed by atoms with Gasteiger partial charge in [-0.3, -0.25) is 9.69 Å². The summed E-state index contributed by atoms with van der Waals surface area (Å²) in [7, 11) is 0. The fraction of sp³-hybridized carbons (Fsp3) is 0.111. The minimum atomic E-state index is -0.344. The molecule has 0 aliphatic carbocycles. The van der Waals surface area contributed by atoms with Crippen molar-refractivity contribution in [3.8, 4) is 5.75 Å². The second-order valence-electron chi connectivity index (χ2n) is 5.49. The Hall–Kier alpha value is -2.60. The molecule has 4 nitrogen and oxygen atoms in total. The number of hydrogen-bond acceptors (Lipinski definition) is 4. The third-order valence-electron chi connectivity index (χ3n) is 3.95. The third kappa shape index (κ3) is 2.49. The molecule has 1 aromatic heterocycles. The smallest absolute Gasteiger partial charge is 0.238 e. The van der Waals surface area contributed by atoms with Crippen LogP contribution in [0.2, 0.25) is 0 Å². The van der Waals surface area contributed by atoms with E-state index < -0.39 is 0 Å². The maximum absolute atomic E-state index is 13.2. The van der Waals surface area contributed by atoms with Gasteiger partial charge in [0, 0.05) is 11.1 Å². The van der Waals surface area contributed by atoms with Crippen LogP contribution in [-0.2, 0) is 4.79 Å². The average molecular weight is 340 g/mol. The highest BCUT2D eigenvalue weighted by Crippen LogP contribution is 2.41. The predicted octanol–water partition coefficient (Wildman–Crippen LogP) is 3.86. The lowest BCUT2D eigenvalue weighted by Crippen LogP contribution is -2.28. The van der Waals surface area contributed by atoms with Gasteiger partial charge in [0.15, 0.2) is 0 Å². The Bertz CT molecular complexity index is 930. The third-order valence-corrected chi connectivity index (χ3v) is 5.13. The Morgan fingerprint density at radius 2 is 1.92 bits per heavy atom. The summed E-state index contributed by atoms with van der Waals surface area (Å²) in [5.74, 6) is 0.0545. The van der Waals surface area contributed by atoms with Crippen LogP contribution < -0.4 is 4.90 Å². The molecule has 1 aliphatic heterocycles. The number of nitrogens with zero attached hydrogens (tertiary/aromatic N) is 2. The molecule has 120 valence electrons. The first-order valence-electron chi connectivity index (χ1n) is 7.41. The molecule has 1 N–H and O–H groups in total. The number of phenols is 1. The summed E-state index contributed by atoms with van der Waals surface area (Å²) >= 11 is 1.46. The first-order chi connectivity index (χ1) is 11.6. The van der Waals surface area contributed by atoms with Crippen LogP contribution >= 0.6 is 11.8 Å². The Morgan fingerprint density at radius 1 is 1.12 bits per heavy atom.